The summed E-state index contributed by atoms with van der Waals surface area (Å²) in [5.74, 6) is -1.98. The number of anilines is 1. The number of primary amides is 1. The van der Waals surface area contributed by atoms with Crippen LogP contribution >= 0.6 is 33.4 Å². The summed E-state index contributed by atoms with van der Waals surface area (Å²) in [6, 6.07) is 6.60. The lowest BCUT2D eigenvalue weighted by Gasteiger charge is -2.40. The predicted octanol–water partition coefficient (Wildman–Crippen LogP) is 7.11. The van der Waals surface area contributed by atoms with E-state index in [0.717, 1.165) is 12.1 Å². The zero-order chi connectivity index (χ0) is 29.0. The number of hydrogen-bond acceptors (Lipinski definition) is 5. The molecule has 1 saturated carbocycles. The van der Waals surface area contributed by atoms with Crippen molar-refractivity contribution >= 4 is 51.2 Å². The number of ether oxygens (including phenoxy) is 1. The molecular weight excluding hydrogens is 599 g/mol. The van der Waals surface area contributed by atoms with Gasteiger partial charge in [0.1, 0.15) is 34.9 Å². The average Bonchev–Trinajstić information content (AvgIpc) is 3.53. The van der Waals surface area contributed by atoms with Gasteiger partial charge >= 0.3 is 16.3 Å². The zero-order valence-corrected chi connectivity index (χ0v) is 21.5. The van der Waals surface area contributed by atoms with Crippen LogP contribution in [0.1, 0.15) is 29.7 Å². The third kappa shape index (κ3) is 5.58. The number of nitrogens with one attached hydrogen (secondary N) is 1. The average molecular weight is 614 g/mol. The van der Waals surface area contributed by atoms with E-state index in [1.165, 1.54) is 12.1 Å². The topological polar surface area (TPSA) is 123 Å². The van der Waals surface area contributed by atoms with Crippen LogP contribution in [0.25, 0.3) is 5.69 Å². The van der Waals surface area contributed by atoms with Crippen LogP contribution in [0.15, 0.2) is 41.3 Å². The molecule has 17 heteroatoms. The largest absolute Gasteiger partial charge is 0.444 e. The number of halogens is 8. The molecule has 3 aromatic rings. The third-order valence-corrected chi connectivity index (χ3v) is 7.52. The van der Waals surface area contributed by atoms with Crippen molar-refractivity contribution in [2.75, 3.05) is 5.32 Å². The first-order valence-corrected chi connectivity index (χ1v) is 13.3. The lowest BCUT2D eigenvalue weighted by molar-refractivity contribution is -0.120. The number of carbonyl (C=O) groups is 2. The quantitative estimate of drug-likeness (QED) is 0.275. The first-order chi connectivity index (χ1) is 17.9. The predicted molar refractivity (Wildman–Crippen MR) is 130 cm³/mol. The molecule has 0 atom stereocenters. The summed E-state index contributed by atoms with van der Waals surface area (Å²) in [4.78, 5) is 22.6. The van der Waals surface area contributed by atoms with Crippen molar-refractivity contribution in [2.24, 2.45) is 5.73 Å². The summed E-state index contributed by atoms with van der Waals surface area (Å²) >= 11 is 11.9. The maximum atomic E-state index is 13.4. The highest BCUT2D eigenvalue weighted by Gasteiger charge is 2.65. The number of carbonyl (C=O) groups excluding carboxylic acids is 2. The van der Waals surface area contributed by atoms with Gasteiger partial charge in [-0.2, -0.15) is 10.4 Å². The molecule has 0 spiro atoms. The normalized spacial score (nSPS) is 16.0. The summed E-state index contributed by atoms with van der Waals surface area (Å²) < 4.78 is 86.0. The Hall–Kier alpha value is -3.61. The van der Waals surface area contributed by atoms with Gasteiger partial charge < -0.3 is 10.5 Å². The Morgan fingerprint density at radius 2 is 1.77 bits per heavy atom. The van der Waals surface area contributed by atoms with Crippen molar-refractivity contribution in [2.45, 2.75) is 29.8 Å². The van der Waals surface area contributed by atoms with Gasteiger partial charge in [-0.3, -0.25) is 10.1 Å². The number of amides is 2. The number of hydrogen-bond donors (Lipinski definition) is 2. The Balaban J connectivity index is 1.84. The van der Waals surface area contributed by atoms with E-state index >= 15 is 0 Å². The van der Waals surface area contributed by atoms with Crippen molar-refractivity contribution < 1.29 is 38.1 Å². The van der Waals surface area contributed by atoms with Crippen LogP contribution in [0, 0.1) is 17.1 Å². The summed E-state index contributed by atoms with van der Waals surface area (Å²) in [5, 5.41) is 13.9. The van der Waals surface area contributed by atoms with Gasteiger partial charge in [0.05, 0.1) is 15.5 Å². The molecule has 1 aliphatic carbocycles. The minimum Gasteiger partial charge on any atom is -0.444 e. The molecule has 3 N–H and O–H groups in total. The minimum atomic E-state index is -10.2. The van der Waals surface area contributed by atoms with E-state index in [0.29, 0.717) is 4.68 Å². The van der Waals surface area contributed by atoms with E-state index in [1.807, 2.05) is 0 Å². The number of nitriles is 1. The fourth-order valence-electron chi connectivity index (χ4n) is 3.85. The number of nitrogens with two attached hydrogens (primary N) is 1. The second kappa shape index (κ2) is 8.70. The van der Waals surface area contributed by atoms with E-state index in [2.05, 4.69) is 10.4 Å². The number of nitrogens with zero attached hydrogens (tertiary/aromatic N) is 3. The van der Waals surface area contributed by atoms with E-state index in [-0.39, 0.29) is 36.1 Å². The van der Waals surface area contributed by atoms with Crippen LogP contribution < -0.4 is 11.1 Å². The molecule has 2 aromatic carbocycles. The molecule has 0 saturated heterocycles. The van der Waals surface area contributed by atoms with Crippen molar-refractivity contribution in [1.82, 2.24) is 9.78 Å². The van der Waals surface area contributed by atoms with Crippen LogP contribution in [-0.4, -0.2) is 21.8 Å². The fourth-order valence-corrected chi connectivity index (χ4v) is 5.30. The Morgan fingerprint density at radius 1 is 1.15 bits per heavy atom. The molecule has 0 radical (unpaired) electrons. The van der Waals surface area contributed by atoms with Crippen molar-refractivity contribution in [3.05, 3.63) is 69.1 Å². The summed E-state index contributed by atoms with van der Waals surface area (Å²) in [7, 11) is -10.2. The molecule has 208 valence electrons. The third-order valence-electron chi connectivity index (χ3n) is 5.82. The second-order valence-electron chi connectivity index (χ2n) is 8.58. The second-order valence-corrected chi connectivity index (χ2v) is 11.8. The van der Waals surface area contributed by atoms with Crippen LogP contribution in [0.4, 0.5) is 34.4 Å². The van der Waals surface area contributed by atoms with Crippen LogP contribution in [0.2, 0.25) is 10.0 Å². The lowest BCUT2D eigenvalue weighted by Crippen LogP contribution is -2.30. The molecule has 1 aromatic heterocycles. The van der Waals surface area contributed by atoms with Crippen LogP contribution in [0.3, 0.4) is 0 Å². The smallest absolute Gasteiger partial charge is 0.413 e. The molecule has 39 heavy (non-hydrogen) atoms. The first kappa shape index (κ1) is 28.4. The highest BCUT2D eigenvalue weighted by molar-refractivity contribution is 8.45. The molecule has 1 aliphatic rings. The Morgan fingerprint density at radius 3 is 2.26 bits per heavy atom. The van der Waals surface area contributed by atoms with Crippen molar-refractivity contribution in [3.8, 4) is 11.8 Å². The highest BCUT2D eigenvalue weighted by atomic mass is 35.5. The number of benzene rings is 2. The first-order valence-electron chi connectivity index (χ1n) is 10.6. The van der Waals surface area contributed by atoms with Crippen molar-refractivity contribution in [1.29, 1.82) is 5.26 Å². The number of aromatic nitrogens is 2. The molecule has 1 heterocycles. The molecule has 4 rings (SSSR count). The molecule has 0 bridgehead atoms. The van der Waals surface area contributed by atoms with Gasteiger partial charge in [-0.15, -0.1) is 0 Å². The van der Waals surface area contributed by atoms with E-state index < -0.39 is 72.2 Å². The van der Waals surface area contributed by atoms with Crippen LogP contribution in [0.5, 0.6) is 0 Å². The van der Waals surface area contributed by atoms with Crippen molar-refractivity contribution in [3.63, 3.8) is 0 Å². The summed E-state index contributed by atoms with van der Waals surface area (Å²) in [6.07, 6.45) is -0.969. The van der Waals surface area contributed by atoms with Crippen LogP contribution in [-0.2, 0) is 21.6 Å². The fraction of sp³-hybridized carbons (Fsp3) is 0.182. The Bertz CT molecular complexity index is 1560. The lowest BCUT2D eigenvalue weighted by atomic mass is 9.94. The van der Waals surface area contributed by atoms with Gasteiger partial charge in [0.2, 0.25) is 5.91 Å². The molecular formula is C22H15Cl2F6N5O3S. The molecule has 8 nitrogen and oxygen atoms in total. The SMILES string of the molecule is N#Cc1nn(-c2c(Cl)cc(S(F)(F)(F)(F)F)cc2Cl)c(NC(=O)OCc2cccc(F)c2)c1C1(C(N)=O)CC1. The number of rotatable bonds is 7. The van der Waals surface area contributed by atoms with Gasteiger partial charge in [-0.1, -0.05) is 54.8 Å². The monoisotopic (exact) mass is 613 g/mol. The van der Waals surface area contributed by atoms with E-state index in [1.54, 1.807) is 6.07 Å². The van der Waals surface area contributed by atoms with E-state index in [9.17, 15) is 38.7 Å². The highest BCUT2D eigenvalue weighted by Crippen LogP contribution is 3.02. The standard InChI is InChI=1S/C22H15Cl2F6N5O3S/c23-14-7-13(39(26,27,28,29)30)8-15(24)18(14)35-19(17(16(9-31)34-35)22(4-5-22)20(32)36)33-21(37)38-10-11-2-1-3-12(25)6-11/h1-3,6-8H,4-5,10H2,(H2,32,36)(H,33,37). The molecule has 0 aliphatic heterocycles. The van der Waals surface area contributed by atoms with Gasteiger partial charge in [-0.25, -0.2) is 13.9 Å². The maximum Gasteiger partial charge on any atom is 0.413 e. The molecule has 2 amide bonds. The van der Waals surface area contributed by atoms with Gasteiger partial charge in [0.25, 0.3) is 0 Å². The van der Waals surface area contributed by atoms with E-state index in [4.69, 9.17) is 33.7 Å². The Kier molecular flexibility index (Phi) is 6.33. The zero-order valence-electron chi connectivity index (χ0n) is 19.2. The maximum absolute atomic E-state index is 13.4. The van der Waals surface area contributed by atoms with Gasteiger partial charge in [0, 0.05) is 5.56 Å². The summed E-state index contributed by atoms with van der Waals surface area (Å²) in [6.45, 7) is -0.431. The van der Waals surface area contributed by atoms with Gasteiger partial charge in [0.15, 0.2) is 5.69 Å². The summed E-state index contributed by atoms with van der Waals surface area (Å²) in [5.41, 5.74) is 2.99. The molecule has 1 fully saturated rings. The molecule has 0 unspecified atom stereocenters. The van der Waals surface area contributed by atoms with Gasteiger partial charge in [-0.05, 0) is 42.7 Å². The minimum absolute atomic E-state index is 0.0786. The Labute approximate surface area is 225 Å².